The zero-order valence-electron chi connectivity index (χ0n) is 15.8. The van der Waals surface area contributed by atoms with Gasteiger partial charge in [-0.2, -0.15) is 5.26 Å². The number of hydrogen-bond acceptors (Lipinski definition) is 3. The lowest BCUT2D eigenvalue weighted by atomic mass is 9.88. The van der Waals surface area contributed by atoms with Crippen molar-refractivity contribution in [2.75, 3.05) is 20.1 Å². The Morgan fingerprint density at radius 3 is 2.67 bits per heavy atom. The quantitative estimate of drug-likeness (QED) is 0.753. The van der Waals surface area contributed by atoms with Crippen LogP contribution in [0.3, 0.4) is 0 Å². The van der Waals surface area contributed by atoms with Gasteiger partial charge in [0.15, 0.2) is 0 Å². The molecule has 1 saturated heterocycles. The Morgan fingerprint density at radius 1 is 1.29 bits per heavy atom. The minimum atomic E-state index is 0.164. The van der Waals surface area contributed by atoms with Gasteiger partial charge in [-0.3, -0.25) is 4.90 Å². The van der Waals surface area contributed by atoms with Crippen molar-refractivity contribution in [2.24, 2.45) is 11.8 Å². The zero-order valence-corrected chi connectivity index (χ0v) is 15.8. The van der Waals surface area contributed by atoms with Crippen molar-refractivity contribution < 1.29 is 0 Å². The molecular formula is C21H33N3. The molecule has 0 unspecified atom stereocenters. The highest BCUT2D eigenvalue weighted by Crippen LogP contribution is 2.27. The van der Waals surface area contributed by atoms with E-state index in [-0.39, 0.29) is 5.92 Å². The van der Waals surface area contributed by atoms with Gasteiger partial charge >= 0.3 is 0 Å². The maximum atomic E-state index is 9.02. The third kappa shape index (κ3) is 5.33. The van der Waals surface area contributed by atoms with Crippen LogP contribution >= 0.6 is 0 Å². The number of nitrogens with zero attached hydrogens (tertiary/aromatic N) is 3. The fourth-order valence-electron chi connectivity index (χ4n) is 3.87. The van der Waals surface area contributed by atoms with Crippen LogP contribution in [0.1, 0.15) is 45.6 Å². The van der Waals surface area contributed by atoms with Crippen molar-refractivity contribution in [3.63, 3.8) is 0 Å². The summed E-state index contributed by atoms with van der Waals surface area (Å²) in [6.07, 6.45) is 3.34. The molecule has 3 heteroatoms. The highest BCUT2D eigenvalue weighted by Gasteiger charge is 2.32. The average molecular weight is 328 g/mol. The molecule has 0 amide bonds. The van der Waals surface area contributed by atoms with Crippen LogP contribution in [0.15, 0.2) is 30.3 Å². The normalized spacial score (nSPS) is 26.2. The molecule has 1 aliphatic heterocycles. The van der Waals surface area contributed by atoms with Crippen LogP contribution in [0.2, 0.25) is 0 Å². The molecule has 1 fully saturated rings. The lowest BCUT2D eigenvalue weighted by Crippen LogP contribution is -2.52. The van der Waals surface area contributed by atoms with Crippen LogP contribution in [-0.2, 0) is 6.54 Å². The van der Waals surface area contributed by atoms with Gasteiger partial charge in [0.25, 0.3) is 0 Å². The summed E-state index contributed by atoms with van der Waals surface area (Å²) in [6.45, 7) is 10.0. The summed E-state index contributed by atoms with van der Waals surface area (Å²) >= 11 is 0. The van der Waals surface area contributed by atoms with E-state index in [1.54, 1.807) is 0 Å². The first kappa shape index (κ1) is 19.0. The molecule has 0 bridgehead atoms. The summed E-state index contributed by atoms with van der Waals surface area (Å²) in [5.74, 6) is 0.848. The molecule has 0 spiro atoms. The number of benzene rings is 1. The minimum absolute atomic E-state index is 0.164. The molecule has 3 nitrogen and oxygen atoms in total. The van der Waals surface area contributed by atoms with Gasteiger partial charge in [-0.05, 0) is 58.2 Å². The lowest BCUT2D eigenvalue weighted by Gasteiger charge is -2.45. The maximum absolute atomic E-state index is 9.02. The molecule has 0 saturated carbocycles. The van der Waals surface area contributed by atoms with Gasteiger partial charge in [-0.1, -0.05) is 37.3 Å². The number of piperidine rings is 1. The number of nitriles is 1. The van der Waals surface area contributed by atoms with E-state index in [0.29, 0.717) is 18.0 Å². The molecule has 2 rings (SSSR count). The van der Waals surface area contributed by atoms with Gasteiger partial charge < -0.3 is 4.90 Å². The molecule has 1 aliphatic rings. The Labute approximate surface area is 148 Å². The zero-order chi connectivity index (χ0) is 17.5. The first-order chi connectivity index (χ1) is 11.5. The van der Waals surface area contributed by atoms with E-state index < -0.39 is 0 Å². The van der Waals surface area contributed by atoms with Gasteiger partial charge in [0.05, 0.1) is 6.07 Å². The fourth-order valence-corrected chi connectivity index (χ4v) is 3.87. The second kappa shape index (κ2) is 9.20. The minimum Gasteiger partial charge on any atom is -0.303 e. The van der Waals surface area contributed by atoms with Crippen molar-refractivity contribution in [2.45, 2.75) is 58.7 Å². The Morgan fingerprint density at radius 2 is 2.00 bits per heavy atom. The predicted octanol–water partition coefficient (Wildman–Crippen LogP) is 4.16. The lowest BCUT2D eigenvalue weighted by molar-refractivity contribution is 0.0398. The first-order valence-corrected chi connectivity index (χ1v) is 9.39. The maximum Gasteiger partial charge on any atom is 0.0652 e. The number of hydrogen-bond donors (Lipinski definition) is 0. The topological polar surface area (TPSA) is 30.3 Å². The Balaban J connectivity index is 2.05. The number of rotatable bonds is 7. The molecule has 0 radical (unpaired) electrons. The molecule has 1 heterocycles. The first-order valence-electron chi connectivity index (χ1n) is 9.39. The van der Waals surface area contributed by atoms with Crippen LogP contribution in [0.4, 0.5) is 0 Å². The summed E-state index contributed by atoms with van der Waals surface area (Å²) in [4.78, 5) is 5.16. The van der Waals surface area contributed by atoms with Gasteiger partial charge in [0.2, 0.25) is 0 Å². The van der Waals surface area contributed by atoms with Gasteiger partial charge in [-0.25, -0.2) is 0 Å². The van der Waals surface area contributed by atoms with Crippen LogP contribution in [0.5, 0.6) is 0 Å². The van der Waals surface area contributed by atoms with Crippen LogP contribution < -0.4 is 0 Å². The summed E-state index contributed by atoms with van der Waals surface area (Å²) < 4.78 is 0. The third-order valence-corrected chi connectivity index (χ3v) is 5.57. The highest BCUT2D eigenvalue weighted by molar-refractivity contribution is 5.14. The van der Waals surface area contributed by atoms with E-state index in [4.69, 9.17) is 5.26 Å². The smallest absolute Gasteiger partial charge is 0.0652 e. The molecule has 1 aromatic carbocycles. The Hall–Kier alpha value is -1.37. The molecule has 0 N–H and O–H groups in total. The van der Waals surface area contributed by atoms with Crippen LogP contribution in [0, 0.1) is 23.2 Å². The molecule has 0 aromatic heterocycles. The predicted molar refractivity (Wildman–Crippen MR) is 101 cm³/mol. The van der Waals surface area contributed by atoms with E-state index in [1.807, 2.05) is 6.92 Å². The standard InChI is InChI=1S/C21H33N3/c1-17(14-22)9-8-12-24(16-20-10-6-5-7-11-20)21-13-19(3)23(4)15-18(21)2/h5-7,10-11,17-19,21H,8-9,12-13,15-16H2,1-4H3/t17-,18+,19-,21+/m0/s1. The third-order valence-electron chi connectivity index (χ3n) is 5.57. The molecule has 132 valence electrons. The molecule has 4 atom stereocenters. The van der Waals surface area contributed by atoms with Crippen LogP contribution in [0.25, 0.3) is 0 Å². The van der Waals surface area contributed by atoms with Crippen molar-refractivity contribution in [3.8, 4) is 6.07 Å². The van der Waals surface area contributed by atoms with E-state index in [9.17, 15) is 0 Å². The second-order valence-electron chi connectivity index (χ2n) is 7.70. The SMILES string of the molecule is C[C@H](C#N)CCCN(Cc1ccccc1)[C@@H]1C[C@H](C)N(C)C[C@H]1C. The molecule has 0 aliphatic carbocycles. The van der Waals surface area contributed by atoms with Crippen molar-refractivity contribution in [3.05, 3.63) is 35.9 Å². The monoisotopic (exact) mass is 327 g/mol. The molecule has 24 heavy (non-hydrogen) atoms. The Kier molecular flexibility index (Phi) is 7.27. The van der Waals surface area contributed by atoms with Gasteiger partial charge in [0, 0.05) is 31.1 Å². The van der Waals surface area contributed by atoms with E-state index >= 15 is 0 Å². The van der Waals surface area contributed by atoms with Gasteiger partial charge in [0.1, 0.15) is 0 Å². The van der Waals surface area contributed by atoms with Crippen molar-refractivity contribution >= 4 is 0 Å². The van der Waals surface area contributed by atoms with Gasteiger partial charge in [-0.15, -0.1) is 0 Å². The highest BCUT2D eigenvalue weighted by atomic mass is 15.2. The second-order valence-corrected chi connectivity index (χ2v) is 7.70. The van der Waals surface area contributed by atoms with E-state index in [0.717, 1.165) is 25.9 Å². The summed E-state index contributed by atoms with van der Waals surface area (Å²) in [6, 6.07) is 14.4. The fraction of sp³-hybridized carbons (Fsp3) is 0.667. The van der Waals surface area contributed by atoms with E-state index in [1.165, 1.54) is 18.5 Å². The summed E-state index contributed by atoms with van der Waals surface area (Å²) in [5, 5.41) is 9.02. The van der Waals surface area contributed by atoms with Crippen LogP contribution in [-0.4, -0.2) is 42.0 Å². The van der Waals surface area contributed by atoms with Crippen molar-refractivity contribution in [1.82, 2.24) is 9.80 Å². The largest absolute Gasteiger partial charge is 0.303 e. The molecular weight excluding hydrogens is 294 g/mol. The number of likely N-dealkylation sites (tertiary alicyclic amines) is 1. The van der Waals surface area contributed by atoms with Crippen molar-refractivity contribution in [1.29, 1.82) is 5.26 Å². The Bertz CT molecular complexity index is 522. The average Bonchev–Trinajstić information content (AvgIpc) is 2.58. The molecule has 1 aromatic rings. The van der Waals surface area contributed by atoms with E-state index in [2.05, 4.69) is 67.1 Å². The summed E-state index contributed by atoms with van der Waals surface area (Å²) in [7, 11) is 2.24. The summed E-state index contributed by atoms with van der Waals surface area (Å²) in [5.41, 5.74) is 1.39.